The van der Waals surface area contributed by atoms with Crippen molar-refractivity contribution in [2.24, 2.45) is 5.92 Å². The number of nitrogens with one attached hydrogen (secondary N) is 1. The second-order valence-electron chi connectivity index (χ2n) is 6.02. The minimum Gasteiger partial charge on any atom is -0.481 e. The van der Waals surface area contributed by atoms with Crippen LogP contribution in [0.25, 0.3) is 0 Å². The Kier molecular flexibility index (Phi) is 4.99. The maximum atomic E-state index is 10.9. The third-order valence-electron chi connectivity index (χ3n) is 4.48. The van der Waals surface area contributed by atoms with E-state index in [0.29, 0.717) is 32.2 Å². The molecule has 0 aromatic heterocycles. The quantitative estimate of drug-likeness (QED) is 0.509. The molecule has 19 heavy (non-hydrogen) atoms. The molecule has 2 rings (SSSR count). The van der Waals surface area contributed by atoms with Crippen molar-refractivity contribution in [1.29, 1.82) is 0 Å². The van der Waals surface area contributed by atoms with Gasteiger partial charge in [-0.1, -0.05) is 11.6 Å². The van der Waals surface area contributed by atoms with Crippen LogP contribution in [0.15, 0.2) is 11.6 Å². The molecule has 0 amide bonds. The number of carbonyl (C=O) groups is 1. The number of aliphatic hydroxyl groups is 1. The Balaban J connectivity index is 1.63. The summed E-state index contributed by atoms with van der Waals surface area (Å²) in [5.74, 6) is -0.980. The van der Waals surface area contributed by atoms with Crippen molar-refractivity contribution in [3.05, 3.63) is 11.6 Å². The van der Waals surface area contributed by atoms with Crippen molar-refractivity contribution < 1.29 is 15.0 Å². The van der Waals surface area contributed by atoms with Gasteiger partial charge in [0, 0.05) is 6.54 Å². The lowest BCUT2D eigenvalue weighted by atomic mass is 9.79. The maximum absolute atomic E-state index is 10.9. The van der Waals surface area contributed by atoms with E-state index in [4.69, 9.17) is 5.11 Å². The molecule has 0 unspecified atom stereocenters. The second kappa shape index (κ2) is 6.53. The third-order valence-corrected chi connectivity index (χ3v) is 4.48. The van der Waals surface area contributed by atoms with E-state index >= 15 is 0 Å². The molecule has 3 N–H and O–H groups in total. The molecule has 0 aromatic carbocycles. The minimum atomic E-state index is -0.719. The van der Waals surface area contributed by atoms with E-state index in [0.717, 1.165) is 13.0 Å². The second-order valence-corrected chi connectivity index (χ2v) is 6.02. The average Bonchev–Trinajstić information content (AvgIpc) is 2.88. The summed E-state index contributed by atoms with van der Waals surface area (Å²) >= 11 is 0. The first kappa shape index (κ1) is 14.5. The molecular weight excluding hydrogens is 242 g/mol. The molecule has 0 heterocycles. The zero-order valence-electron chi connectivity index (χ0n) is 11.5. The van der Waals surface area contributed by atoms with Crippen LogP contribution in [-0.2, 0) is 4.79 Å². The van der Waals surface area contributed by atoms with E-state index in [1.807, 2.05) is 0 Å². The minimum absolute atomic E-state index is 0.260. The van der Waals surface area contributed by atoms with Gasteiger partial charge < -0.3 is 15.5 Å². The van der Waals surface area contributed by atoms with Crippen LogP contribution in [0.4, 0.5) is 0 Å². The molecule has 108 valence electrons. The van der Waals surface area contributed by atoms with Crippen molar-refractivity contribution in [3.63, 3.8) is 0 Å². The highest BCUT2D eigenvalue weighted by Crippen LogP contribution is 2.31. The molecule has 1 fully saturated rings. The zero-order valence-corrected chi connectivity index (χ0v) is 11.5. The van der Waals surface area contributed by atoms with E-state index in [9.17, 15) is 9.90 Å². The molecule has 0 atom stereocenters. The highest BCUT2D eigenvalue weighted by Gasteiger charge is 2.35. The van der Waals surface area contributed by atoms with Gasteiger partial charge in [-0.25, -0.2) is 0 Å². The molecule has 1 saturated carbocycles. The Morgan fingerprint density at radius 1 is 1.42 bits per heavy atom. The van der Waals surface area contributed by atoms with Crippen molar-refractivity contribution in [3.8, 4) is 0 Å². The van der Waals surface area contributed by atoms with Gasteiger partial charge >= 0.3 is 5.97 Å². The standard InChI is InChI=1S/C15H25NO3/c17-14(18)13-5-8-15(19,9-6-13)11-16-10-7-12-3-1-2-4-12/h3,13,16,19H,1-2,4-11H2,(H,17,18). The topological polar surface area (TPSA) is 69.6 Å². The SMILES string of the molecule is O=C(O)C1CCC(O)(CNCCC2=CCCC2)CC1. The van der Waals surface area contributed by atoms with Gasteiger partial charge in [0.1, 0.15) is 0 Å². The lowest BCUT2D eigenvalue weighted by Gasteiger charge is -2.34. The van der Waals surface area contributed by atoms with Gasteiger partial charge in [0.25, 0.3) is 0 Å². The van der Waals surface area contributed by atoms with E-state index in [-0.39, 0.29) is 5.92 Å². The van der Waals surface area contributed by atoms with Crippen molar-refractivity contribution in [2.45, 2.75) is 57.0 Å². The van der Waals surface area contributed by atoms with Crippen molar-refractivity contribution in [2.75, 3.05) is 13.1 Å². The summed E-state index contributed by atoms with van der Waals surface area (Å²) in [6.07, 6.45) is 9.52. The summed E-state index contributed by atoms with van der Waals surface area (Å²) in [7, 11) is 0. The van der Waals surface area contributed by atoms with Gasteiger partial charge in [-0.3, -0.25) is 4.79 Å². The normalized spacial score (nSPS) is 31.2. The lowest BCUT2D eigenvalue weighted by Crippen LogP contribution is -2.44. The molecule has 0 radical (unpaired) electrons. The largest absolute Gasteiger partial charge is 0.481 e. The van der Waals surface area contributed by atoms with Gasteiger partial charge in [-0.2, -0.15) is 0 Å². The molecule has 0 aromatic rings. The van der Waals surface area contributed by atoms with Gasteiger partial charge in [-0.15, -0.1) is 0 Å². The highest BCUT2D eigenvalue weighted by atomic mass is 16.4. The number of rotatable bonds is 6. The molecule has 4 heteroatoms. The molecule has 0 aliphatic heterocycles. The number of aliphatic carboxylic acids is 1. The third kappa shape index (κ3) is 4.32. The van der Waals surface area contributed by atoms with Crippen LogP contribution in [0.1, 0.15) is 51.4 Å². The van der Waals surface area contributed by atoms with Crippen LogP contribution in [0, 0.1) is 5.92 Å². The first-order valence-electron chi connectivity index (χ1n) is 7.43. The number of carboxylic acid groups (broad SMARTS) is 1. The summed E-state index contributed by atoms with van der Waals surface area (Å²) in [6, 6.07) is 0. The van der Waals surface area contributed by atoms with Gasteiger partial charge in [0.2, 0.25) is 0 Å². The first-order valence-corrected chi connectivity index (χ1v) is 7.43. The van der Waals surface area contributed by atoms with Crippen LogP contribution in [0.3, 0.4) is 0 Å². The van der Waals surface area contributed by atoms with Crippen LogP contribution in [-0.4, -0.2) is 34.9 Å². The van der Waals surface area contributed by atoms with E-state index in [1.54, 1.807) is 0 Å². The number of hydrogen-bond donors (Lipinski definition) is 3. The predicted octanol–water partition coefficient (Wildman–Crippen LogP) is 2.08. The summed E-state index contributed by atoms with van der Waals surface area (Å²) < 4.78 is 0. The number of hydrogen-bond acceptors (Lipinski definition) is 3. The smallest absolute Gasteiger partial charge is 0.306 e. The highest BCUT2D eigenvalue weighted by molar-refractivity contribution is 5.70. The molecular formula is C15H25NO3. The van der Waals surface area contributed by atoms with Crippen LogP contribution >= 0.6 is 0 Å². The predicted molar refractivity (Wildman–Crippen MR) is 74.0 cm³/mol. The van der Waals surface area contributed by atoms with Crippen molar-refractivity contribution in [1.82, 2.24) is 5.32 Å². The molecule has 2 aliphatic carbocycles. The van der Waals surface area contributed by atoms with Crippen LogP contribution < -0.4 is 5.32 Å². The fraction of sp³-hybridized carbons (Fsp3) is 0.800. The van der Waals surface area contributed by atoms with Crippen molar-refractivity contribution >= 4 is 5.97 Å². The Morgan fingerprint density at radius 2 is 2.16 bits per heavy atom. The molecule has 4 nitrogen and oxygen atoms in total. The summed E-state index contributed by atoms with van der Waals surface area (Å²) in [6.45, 7) is 1.50. The number of carboxylic acids is 1. The summed E-state index contributed by atoms with van der Waals surface area (Å²) in [5, 5.41) is 22.7. The number of allylic oxidation sites excluding steroid dienone is 1. The van der Waals surface area contributed by atoms with E-state index in [2.05, 4.69) is 11.4 Å². The van der Waals surface area contributed by atoms with E-state index < -0.39 is 11.6 Å². The molecule has 0 bridgehead atoms. The van der Waals surface area contributed by atoms with Crippen LogP contribution in [0.2, 0.25) is 0 Å². The Hall–Kier alpha value is -0.870. The summed E-state index contributed by atoms with van der Waals surface area (Å²) in [5.41, 5.74) is 0.838. The molecule has 0 spiro atoms. The first-order chi connectivity index (χ1) is 9.09. The Bertz CT molecular complexity index is 343. The Labute approximate surface area is 114 Å². The Morgan fingerprint density at radius 3 is 2.74 bits per heavy atom. The zero-order chi connectivity index (χ0) is 13.7. The van der Waals surface area contributed by atoms with Gasteiger partial charge in [0.05, 0.1) is 11.5 Å². The fourth-order valence-electron chi connectivity index (χ4n) is 3.11. The fourth-order valence-corrected chi connectivity index (χ4v) is 3.11. The van der Waals surface area contributed by atoms with E-state index in [1.165, 1.54) is 24.8 Å². The monoisotopic (exact) mass is 267 g/mol. The lowest BCUT2D eigenvalue weighted by molar-refractivity contribution is -0.144. The maximum Gasteiger partial charge on any atom is 0.306 e. The van der Waals surface area contributed by atoms with Crippen LogP contribution in [0.5, 0.6) is 0 Å². The van der Waals surface area contributed by atoms with Gasteiger partial charge in [0.15, 0.2) is 0 Å². The summed E-state index contributed by atoms with van der Waals surface area (Å²) in [4.78, 5) is 10.9. The van der Waals surface area contributed by atoms with Gasteiger partial charge in [-0.05, 0) is 57.9 Å². The molecule has 2 aliphatic rings. The molecule has 0 saturated heterocycles. The average molecular weight is 267 g/mol.